The van der Waals surface area contributed by atoms with Crippen molar-refractivity contribution in [3.63, 3.8) is 0 Å². The summed E-state index contributed by atoms with van der Waals surface area (Å²) >= 11 is 0. The number of nitrogens with two attached hydrogens (primary N) is 1. The molecule has 0 saturated carbocycles. The van der Waals surface area contributed by atoms with Crippen LogP contribution in [-0.4, -0.2) is 15.0 Å². The second-order valence-corrected chi connectivity index (χ2v) is 6.20. The lowest BCUT2D eigenvalue weighted by atomic mass is 10.1. The van der Waals surface area contributed by atoms with Gasteiger partial charge in [-0.3, -0.25) is 0 Å². The third-order valence-electron chi connectivity index (χ3n) is 2.84. The van der Waals surface area contributed by atoms with Gasteiger partial charge in [-0.2, -0.15) is 0 Å². The highest BCUT2D eigenvalue weighted by Crippen LogP contribution is 2.17. The molecule has 0 aromatic heterocycles. The van der Waals surface area contributed by atoms with Gasteiger partial charge >= 0.3 is 0 Å². The molecule has 21 heavy (non-hydrogen) atoms. The summed E-state index contributed by atoms with van der Waals surface area (Å²) in [5.74, 6) is -1.30. The van der Waals surface area contributed by atoms with E-state index in [9.17, 15) is 17.2 Å². The van der Waals surface area contributed by atoms with Gasteiger partial charge in [-0.05, 0) is 42.3 Å². The van der Waals surface area contributed by atoms with E-state index in [1.165, 1.54) is 18.2 Å². The van der Waals surface area contributed by atoms with E-state index >= 15 is 0 Å². The predicted octanol–water partition coefficient (Wildman–Crippen LogP) is 2.07. The van der Waals surface area contributed by atoms with Crippen molar-refractivity contribution in [2.24, 2.45) is 0 Å². The lowest BCUT2D eigenvalue weighted by Crippen LogP contribution is -2.26. The highest BCUT2D eigenvalue weighted by atomic mass is 32.2. The Morgan fingerprint density at radius 3 is 2.52 bits per heavy atom. The first kappa shape index (κ1) is 15.4. The van der Waals surface area contributed by atoms with Crippen LogP contribution in [0.3, 0.4) is 0 Å². The first-order chi connectivity index (χ1) is 9.88. The number of nitrogen functional groups attached to an aromatic ring is 1. The molecule has 0 aliphatic carbocycles. The Hall–Kier alpha value is -1.99. The minimum absolute atomic E-state index is 0.0373. The Kier molecular flexibility index (Phi) is 4.54. The molecule has 0 aliphatic heterocycles. The van der Waals surface area contributed by atoms with Gasteiger partial charge in [0, 0.05) is 12.2 Å². The van der Waals surface area contributed by atoms with Crippen molar-refractivity contribution in [1.82, 2.24) is 4.72 Å². The zero-order valence-corrected chi connectivity index (χ0v) is 11.8. The van der Waals surface area contributed by atoms with Crippen LogP contribution in [0.25, 0.3) is 0 Å². The number of halogens is 2. The molecule has 0 saturated heterocycles. The van der Waals surface area contributed by atoms with Crippen molar-refractivity contribution in [2.75, 3.05) is 12.3 Å². The van der Waals surface area contributed by atoms with Gasteiger partial charge in [0.15, 0.2) is 0 Å². The quantitative estimate of drug-likeness (QED) is 0.830. The van der Waals surface area contributed by atoms with Crippen LogP contribution < -0.4 is 10.5 Å². The zero-order valence-electron chi connectivity index (χ0n) is 11.0. The fourth-order valence-electron chi connectivity index (χ4n) is 1.83. The van der Waals surface area contributed by atoms with Gasteiger partial charge in [0.2, 0.25) is 10.0 Å². The fraction of sp³-hybridized carbons (Fsp3) is 0.143. The van der Waals surface area contributed by atoms with E-state index in [1.807, 2.05) is 0 Å². The summed E-state index contributed by atoms with van der Waals surface area (Å²) in [6.07, 6.45) is 0.299. The Labute approximate surface area is 121 Å². The lowest BCUT2D eigenvalue weighted by molar-refractivity contribution is 0.557. The summed E-state index contributed by atoms with van der Waals surface area (Å²) in [4.78, 5) is -0.462. The number of anilines is 1. The highest BCUT2D eigenvalue weighted by molar-refractivity contribution is 7.89. The van der Waals surface area contributed by atoms with E-state index in [0.29, 0.717) is 12.0 Å². The molecular formula is C14H14F2N2O2S. The smallest absolute Gasteiger partial charge is 0.243 e. The van der Waals surface area contributed by atoms with Crippen molar-refractivity contribution in [3.05, 3.63) is 59.7 Å². The Morgan fingerprint density at radius 1 is 1.10 bits per heavy atom. The number of hydrogen-bond acceptors (Lipinski definition) is 3. The number of hydrogen-bond donors (Lipinski definition) is 2. The van der Waals surface area contributed by atoms with Crippen LogP contribution in [0.5, 0.6) is 0 Å². The van der Waals surface area contributed by atoms with Gasteiger partial charge in [-0.15, -0.1) is 0 Å². The molecular weight excluding hydrogens is 298 g/mol. The van der Waals surface area contributed by atoms with E-state index in [-0.39, 0.29) is 18.0 Å². The largest absolute Gasteiger partial charge is 0.399 e. The Balaban J connectivity index is 2.05. The van der Waals surface area contributed by atoms with Crippen molar-refractivity contribution in [3.8, 4) is 0 Å². The molecule has 0 bridgehead atoms. The average Bonchev–Trinajstić information content (AvgIpc) is 2.38. The SMILES string of the molecule is Nc1ccc(S(=O)(=O)NCCc2cccc(F)c2)c(F)c1. The molecule has 2 aromatic rings. The normalized spacial score (nSPS) is 11.5. The third kappa shape index (κ3) is 3.99. The number of benzene rings is 2. The second-order valence-electron chi connectivity index (χ2n) is 4.47. The molecule has 0 radical (unpaired) electrons. The third-order valence-corrected chi connectivity index (χ3v) is 4.33. The molecule has 3 N–H and O–H groups in total. The minimum Gasteiger partial charge on any atom is -0.399 e. The van der Waals surface area contributed by atoms with Gasteiger partial charge in [0.25, 0.3) is 0 Å². The molecule has 2 aromatic carbocycles. The number of rotatable bonds is 5. The standard InChI is InChI=1S/C14H14F2N2O2S/c15-11-3-1-2-10(8-11)6-7-18-21(19,20)14-5-4-12(17)9-13(14)16/h1-5,8-9,18H,6-7,17H2. The summed E-state index contributed by atoms with van der Waals surface area (Å²) in [5.41, 5.74) is 6.16. The van der Waals surface area contributed by atoms with Crippen molar-refractivity contribution >= 4 is 15.7 Å². The van der Waals surface area contributed by atoms with Crippen LogP contribution in [0, 0.1) is 11.6 Å². The van der Waals surface area contributed by atoms with Gasteiger partial charge in [0.1, 0.15) is 16.5 Å². The second kappa shape index (κ2) is 6.19. The van der Waals surface area contributed by atoms with E-state index in [0.717, 1.165) is 12.1 Å². The molecule has 4 nitrogen and oxygen atoms in total. The molecule has 0 spiro atoms. The van der Waals surface area contributed by atoms with Crippen LogP contribution in [0.2, 0.25) is 0 Å². The molecule has 0 aliphatic rings. The summed E-state index contributed by atoms with van der Waals surface area (Å²) in [6.45, 7) is 0.0373. The maximum atomic E-state index is 13.6. The van der Waals surface area contributed by atoms with E-state index in [1.54, 1.807) is 12.1 Å². The average molecular weight is 312 g/mol. The van der Waals surface area contributed by atoms with Crippen LogP contribution in [0.1, 0.15) is 5.56 Å². The first-order valence-corrected chi connectivity index (χ1v) is 7.66. The maximum Gasteiger partial charge on any atom is 0.243 e. The molecule has 0 fully saturated rings. The van der Waals surface area contributed by atoms with Gasteiger partial charge < -0.3 is 5.73 Å². The van der Waals surface area contributed by atoms with Crippen LogP contribution in [-0.2, 0) is 16.4 Å². The molecule has 0 unspecified atom stereocenters. The maximum absolute atomic E-state index is 13.6. The lowest BCUT2D eigenvalue weighted by Gasteiger charge is -2.08. The molecule has 0 heterocycles. The Morgan fingerprint density at radius 2 is 1.86 bits per heavy atom. The van der Waals surface area contributed by atoms with Gasteiger partial charge in [-0.1, -0.05) is 12.1 Å². The molecule has 0 amide bonds. The van der Waals surface area contributed by atoms with Crippen LogP contribution in [0.4, 0.5) is 14.5 Å². The van der Waals surface area contributed by atoms with Crippen LogP contribution in [0.15, 0.2) is 47.4 Å². The summed E-state index contributed by atoms with van der Waals surface area (Å²) in [5, 5.41) is 0. The number of nitrogens with one attached hydrogen (secondary N) is 1. The predicted molar refractivity (Wildman–Crippen MR) is 76.1 cm³/mol. The Bertz CT molecular complexity index is 748. The minimum atomic E-state index is -3.96. The first-order valence-electron chi connectivity index (χ1n) is 6.17. The summed E-state index contributed by atoms with van der Waals surface area (Å²) in [6, 6.07) is 9.20. The van der Waals surface area contributed by atoms with Crippen molar-refractivity contribution in [1.29, 1.82) is 0 Å². The zero-order chi connectivity index (χ0) is 15.5. The van der Waals surface area contributed by atoms with E-state index in [2.05, 4.69) is 4.72 Å². The van der Waals surface area contributed by atoms with Crippen molar-refractivity contribution < 1.29 is 17.2 Å². The van der Waals surface area contributed by atoms with E-state index < -0.39 is 20.7 Å². The van der Waals surface area contributed by atoms with E-state index in [4.69, 9.17) is 5.73 Å². The highest BCUT2D eigenvalue weighted by Gasteiger charge is 2.18. The molecule has 0 atom stereocenters. The fourth-order valence-corrected chi connectivity index (χ4v) is 2.92. The van der Waals surface area contributed by atoms with Crippen molar-refractivity contribution in [2.45, 2.75) is 11.3 Å². The molecule has 2 rings (SSSR count). The van der Waals surface area contributed by atoms with Gasteiger partial charge in [-0.25, -0.2) is 21.9 Å². The summed E-state index contributed by atoms with van der Waals surface area (Å²) in [7, 11) is -3.96. The van der Waals surface area contributed by atoms with Crippen LogP contribution >= 0.6 is 0 Å². The number of sulfonamides is 1. The summed E-state index contributed by atoms with van der Waals surface area (Å²) < 4.78 is 52.8. The monoisotopic (exact) mass is 312 g/mol. The van der Waals surface area contributed by atoms with Gasteiger partial charge in [0.05, 0.1) is 0 Å². The molecule has 112 valence electrons. The topological polar surface area (TPSA) is 72.2 Å². The molecule has 7 heteroatoms.